The molecule has 29 heavy (non-hydrogen) atoms. The normalized spacial score (nSPS) is 13.7. The third-order valence-corrected chi connectivity index (χ3v) is 4.48. The van der Waals surface area contributed by atoms with E-state index in [2.05, 4.69) is 0 Å². The minimum absolute atomic E-state index is 0.125. The molecule has 0 aliphatic carbocycles. The van der Waals surface area contributed by atoms with Crippen molar-refractivity contribution >= 4 is 17.8 Å². The number of ether oxygens (including phenoxy) is 3. The van der Waals surface area contributed by atoms with Crippen LogP contribution in [0.3, 0.4) is 0 Å². The molecule has 0 unspecified atom stereocenters. The quantitative estimate of drug-likeness (QED) is 0.368. The van der Waals surface area contributed by atoms with Gasteiger partial charge in [0.25, 0.3) is 0 Å². The second-order valence-electron chi connectivity index (χ2n) is 6.51. The molecule has 0 saturated carbocycles. The number of carbonyl (C=O) groups excluding carboxylic acids is 2. The molecule has 0 atom stereocenters. The molecule has 144 valence electrons. The maximum absolute atomic E-state index is 12.5. The number of Topliss-reactive ketones (excluding diaryl/α,β-unsaturated/α-hetero) is 1. The summed E-state index contributed by atoms with van der Waals surface area (Å²) in [6, 6.07) is 21.4. The monoisotopic (exact) mass is 386 g/mol. The SMILES string of the molecule is COc1ccc(CC(=O)Oc2ccc3c(c2)O/C(=C\c2ccccc2)C3=O)cc1. The van der Waals surface area contributed by atoms with E-state index in [1.54, 1.807) is 43.5 Å². The first-order chi connectivity index (χ1) is 14.1. The zero-order valence-electron chi connectivity index (χ0n) is 15.8. The average molecular weight is 386 g/mol. The number of benzene rings is 3. The van der Waals surface area contributed by atoms with Crippen molar-refractivity contribution in [2.24, 2.45) is 0 Å². The Morgan fingerprint density at radius 1 is 0.966 bits per heavy atom. The Morgan fingerprint density at radius 2 is 1.69 bits per heavy atom. The maximum atomic E-state index is 12.5. The molecule has 0 fully saturated rings. The molecule has 4 rings (SSSR count). The van der Waals surface area contributed by atoms with E-state index in [0.717, 1.165) is 16.9 Å². The van der Waals surface area contributed by atoms with Crippen molar-refractivity contribution < 1.29 is 23.8 Å². The van der Waals surface area contributed by atoms with Crippen molar-refractivity contribution in [1.29, 1.82) is 0 Å². The van der Waals surface area contributed by atoms with Crippen LogP contribution in [0, 0.1) is 0 Å². The minimum atomic E-state index is -0.403. The predicted molar refractivity (Wildman–Crippen MR) is 108 cm³/mol. The van der Waals surface area contributed by atoms with Crippen LogP contribution in [0.2, 0.25) is 0 Å². The van der Waals surface area contributed by atoms with Gasteiger partial charge in [-0.05, 0) is 41.5 Å². The van der Waals surface area contributed by atoms with Crippen LogP contribution in [0.1, 0.15) is 21.5 Å². The summed E-state index contributed by atoms with van der Waals surface area (Å²) in [4.78, 5) is 24.8. The number of hydrogen-bond donors (Lipinski definition) is 0. The fraction of sp³-hybridized carbons (Fsp3) is 0.0833. The van der Waals surface area contributed by atoms with Crippen LogP contribution in [-0.2, 0) is 11.2 Å². The Labute approximate surface area is 168 Å². The molecule has 5 nitrogen and oxygen atoms in total. The molecule has 0 spiro atoms. The van der Waals surface area contributed by atoms with Gasteiger partial charge in [-0.1, -0.05) is 42.5 Å². The van der Waals surface area contributed by atoms with Gasteiger partial charge in [0, 0.05) is 6.07 Å². The van der Waals surface area contributed by atoms with Gasteiger partial charge in [0.1, 0.15) is 17.2 Å². The molecule has 5 heteroatoms. The van der Waals surface area contributed by atoms with Gasteiger partial charge < -0.3 is 14.2 Å². The van der Waals surface area contributed by atoms with E-state index in [4.69, 9.17) is 14.2 Å². The number of ketones is 1. The fourth-order valence-corrected chi connectivity index (χ4v) is 3.01. The topological polar surface area (TPSA) is 61.8 Å². The van der Waals surface area contributed by atoms with Crippen molar-refractivity contribution in [1.82, 2.24) is 0 Å². The number of carbonyl (C=O) groups is 2. The van der Waals surface area contributed by atoms with Crippen molar-refractivity contribution in [3.8, 4) is 17.2 Å². The Bertz CT molecular complexity index is 1080. The summed E-state index contributed by atoms with van der Waals surface area (Å²) in [5.41, 5.74) is 2.13. The van der Waals surface area contributed by atoms with E-state index in [0.29, 0.717) is 17.1 Å². The highest BCUT2D eigenvalue weighted by atomic mass is 16.5. The van der Waals surface area contributed by atoms with E-state index < -0.39 is 5.97 Å². The number of fused-ring (bicyclic) bond motifs is 1. The van der Waals surface area contributed by atoms with Gasteiger partial charge in [0.15, 0.2) is 5.76 Å². The van der Waals surface area contributed by atoms with E-state index in [1.807, 2.05) is 42.5 Å². The van der Waals surface area contributed by atoms with Gasteiger partial charge in [-0.2, -0.15) is 0 Å². The summed E-state index contributed by atoms with van der Waals surface area (Å²) in [5.74, 6) is 1.08. The molecular formula is C24H18O5. The van der Waals surface area contributed by atoms with Crippen molar-refractivity contribution in [2.75, 3.05) is 7.11 Å². The fourth-order valence-electron chi connectivity index (χ4n) is 3.01. The average Bonchev–Trinajstić information content (AvgIpc) is 3.04. The van der Waals surface area contributed by atoms with Crippen LogP contribution < -0.4 is 14.2 Å². The van der Waals surface area contributed by atoms with Gasteiger partial charge in [0.05, 0.1) is 19.1 Å². The van der Waals surface area contributed by atoms with Crippen LogP contribution in [0.5, 0.6) is 17.2 Å². The molecule has 0 radical (unpaired) electrons. The van der Waals surface area contributed by atoms with Crippen molar-refractivity contribution in [3.05, 3.63) is 95.2 Å². The number of rotatable bonds is 5. The lowest BCUT2D eigenvalue weighted by Crippen LogP contribution is -2.11. The lowest BCUT2D eigenvalue weighted by Gasteiger charge is -2.06. The lowest BCUT2D eigenvalue weighted by molar-refractivity contribution is -0.133. The van der Waals surface area contributed by atoms with Gasteiger partial charge >= 0.3 is 5.97 Å². The van der Waals surface area contributed by atoms with E-state index in [1.165, 1.54) is 0 Å². The molecule has 0 aromatic heterocycles. The molecule has 1 heterocycles. The maximum Gasteiger partial charge on any atom is 0.315 e. The summed E-state index contributed by atoms with van der Waals surface area (Å²) in [7, 11) is 1.59. The molecular weight excluding hydrogens is 368 g/mol. The summed E-state index contributed by atoms with van der Waals surface area (Å²) in [5, 5.41) is 0. The third kappa shape index (κ3) is 4.19. The van der Waals surface area contributed by atoms with Crippen LogP contribution >= 0.6 is 0 Å². The van der Waals surface area contributed by atoms with Gasteiger partial charge in [-0.25, -0.2) is 0 Å². The molecule has 0 bridgehead atoms. The number of methoxy groups -OCH3 is 1. The molecule has 0 N–H and O–H groups in total. The smallest absolute Gasteiger partial charge is 0.315 e. The third-order valence-electron chi connectivity index (χ3n) is 4.48. The largest absolute Gasteiger partial charge is 0.497 e. The number of esters is 1. The Morgan fingerprint density at radius 3 is 2.41 bits per heavy atom. The first kappa shape index (κ1) is 18.5. The standard InChI is InChI=1S/C24H18O5/c1-27-18-9-7-17(8-10-18)14-23(25)28-19-11-12-20-21(15-19)29-22(24(20)26)13-16-5-3-2-4-6-16/h2-13,15H,14H2,1H3/b22-13-. The lowest BCUT2D eigenvalue weighted by atomic mass is 10.1. The number of allylic oxidation sites excluding steroid dienone is 1. The highest BCUT2D eigenvalue weighted by Gasteiger charge is 2.28. The number of hydrogen-bond acceptors (Lipinski definition) is 5. The molecule has 0 amide bonds. The summed E-state index contributed by atoms with van der Waals surface area (Å²) < 4.78 is 16.2. The summed E-state index contributed by atoms with van der Waals surface area (Å²) in [6.07, 6.45) is 1.82. The first-order valence-electron chi connectivity index (χ1n) is 9.09. The van der Waals surface area contributed by atoms with Gasteiger partial charge in [-0.15, -0.1) is 0 Å². The zero-order chi connectivity index (χ0) is 20.2. The van der Waals surface area contributed by atoms with E-state index in [-0.39, 0.29) is 18.0 Å². The molecule has 1 aliphatic rings. The zero-order valence-corrected chi connectivity index (χ0v) is 15.8. The van der Waals surface area contributed by atoms with Crippen molar-refractivity contribution in [2.45, 2.75) is 6.42 Å². The van der Waals surface area contributed by atoms with Gasteiger partial charge in [-0.3, -0.25) is 9.59 Å². The molecule has 3 aromatic rings. The Kier molecular flexibility index (Phi) is 5.12. The Balaban J connectivity index is 1.45. The summed E-state index contributed by atoms with van der Waals surface area (Å²) in [6.45, 7) is 0. The molecule has 0 saturated heterocycles. The van der Waals surface area contributed by atoms with Crippen LogP contribution in [0.15, 0.2) is 78.6 Å². The van der Waals surface area contributed by atoms with Crippen LogP contribution in [0.4, 0.5) is 0 Å². The highest BCUT2D eigenvalue weighted by Crippen LogP contribution is 2.35. The second kappa shape index (κ2) is 8.02. The van der Waals surface area contributed by atoms with E-state index >= 15 is 0 Å². The minimum Gasteiger partial charge on any atom is -0.497 e. The molecule has 3 aromatic carbocycles. The van der Waals surface area contributed by atoms with Crippen LogP contribution in [-0.4, -0.2) is 18.9 Å². The van der Waals surface area contributed by atoms with E-state index in [9.17, 15) is 9.59 Å². The predicted octanol–water partition coefficient (Wildman–Crippen LogP) is 4.46. The molecule has 1 aliphatic heterocycles. The summed E-state index contributed by atoms with van der Waals surface area (Å²) >= 11 is 0. The van der Waals surface area contributed by atoms with Crippen molar-refractivity contribution in [3.63, 3.8) is 0 Å². The Hall–Kier alpha value is -3.86. The van der Waals surface area contributed by atoms with Crippen LogP contribution in [0.25, 0.3) is 6.08 Å². The first-order valence-corrected chi connectivity index (χ1v) is 9.09. The highest BCUT2D eigenvalue weighted by molar-refractivity contribution is 6.14. The van der Waals surface area contributed by atoms with Gasteiger partial charge in [0.2, 0.25) is 5.78 Å². The second-order valence-corrected chi connectivity index (χ2v) is 6.51.